The van der Waals surface area contributed by atoms with E-state index >= 15 is 0 Å². The minimum Gasteiger partial charge on any atom is -0.490 e. The Labute approximate surface area is 195 Å². The number of pyridine rings is 1. The molecule has 1 aromatic heterocycles. The van der Waals surface area contributed by atoms with Crippen molar-refractivity contribution in [3.63, 3.8) is 0 Å². The Bertz CT molecular complexity index is 1290. The maximum absolute atomic E-state index is 14.6. The van der Waals surface area contributed by atoms with E-state index in [0.717, 1.165) is 11.6 Å². The highest BCUT2D eigenvalue weighted by atomic mass is 19.1. The summed E-state index contributed by atoms with van der Waals surface area (Å²) in [5.74, 6) is -1.29. The van der Waals surface area contributed by atoms with Gasteiger partial charge in [0, 0.05) is 48.8 Å². The summed E-state index contributed by atoms with van der Waals surface area (Å²) in [6.07, 6.45) is 1.79. The van der Waals surface area contributed by atoms with Gasteiger partial charge >= 0.3 is 0 Å². The van der Waals surface area contributed by atoms with Gasteiger partial charge in [0.15, 0.2) is 17.3 Å². The second-order valence-electron chi connectivity index (χ2n) is 8.65. The Kier molecular flexibility index (Phi) is 5.73. The number of likely N-dealkylation sites (tertiary alicyclic amines) is 1. The molecule has 0 saturated carbocycles. The van der Waals surface area contributed by atoms with Crippen molar-refractivity contribution < 1.29 is 27.8 Å². The summed E-state index contributed by atoms with van der Waals surface area (Å²) in [4.78, 5) is 30.2. The molecule has 0 spiro atoms. The predicted octanol–water partition coefficient (Wildman–Crippen LogP) is 3.99. The third-order valence-electron chi connectivity index (χ3n) is 6.09. The first-order valence-corrected chi connectivity index (χ1v) is 11.0. The van der Waals surface area contributed by atoms with Crippen molar-refractivity contribution in [2.45, 2.75) is 13.3 Å². The molecule has 0 atom stereocenters. The number of fused-ring (bicyclic) bond motifs is 1. The lowest BCUT2D eigenvalue weighted by Gasteiger charge is -2.39. The normalized spacial score (nSPS) is 15.4. The fraction of sp³-hybridized carbons (Fsp3) is 0.269. The second-order valence-corrected chi connectivity index (χ2v) is 8.65. The number of aromatic nitrogens is 1. The Morgan fingerprint density at radius 2 is 2.00 bits per heavy atom. The second kappa shape index (κ2) is 8.85. The fourth-order valence-electron chi connectivity index (χ4n) is 4.23. The number of Topliss-reactive ketones (excluding diaryl/α,β-unsaturated/α-hetero) is 1. The largest absolute Gasteiger partial charge is 0.490 e. The zero-order chi connectivity index (χ0) is 23.8. The third kappa shape index (κ3) is 4.23. The number of benzene rings is 2. The van der Waals surface area contributed by atoms with Crippen LogP contribution in [0, 0.1) is 24.5 Å². The number of hydrogen-bond acceptors (Lipinski definition) is 5. The number of ketones is 1. The van der Waals surface area contributed by atoms with Crippen LogP contribution in [0.4, 0.5) is 8.78 Å². The van der Waals surface area contributed by atoms with Gasteiger partial charge in [0.1, 0.15) is 18.2 Å². The number of nitrogens with zero attached hydrogens (tertiary/aromatic N) is 2. The molecule has 2 aliphatic heterocycles. The van der Waals surface area contributed by atoms with Gasteiger partial charge in [-0.1, -0.05) is 6.07 Å². The highest BCUT2D eigenvalue weighted by Gasteiger charge is 2.34. The van der Waals surface area contributed by atoms with Gasteiger partial charge in [-0.15, -0.1) is 0 Å². The summed E-state index contributed by atoms with van der Waals surface area (Å²) < 4.78 is 39.9. The first-order valence-electron chi connectivity index (χ1n) is 11.0. The summed E-state index contributed by atoms with van der Waals surface area (Å²) in [7, 11) is 0. The Hall–Kier alpha value is -3.81. The van der Waals surface area contributed by atoms with Crippen LogP contribution in [-0.2, 0) is 11.2 Å². The lowest BCUT2D eigenvalue weighted by Crippen LogP contribution is -2.52. The van der Waals surface area contributed by atoms with E-state index in [4.69, 9.17) is 9.47 Å². The predicted molar refractivity (Wildman–Crippen MR) is 120 cm³/mol. The quantitative estimate of drug-likeness (QED) is 0.571. The summed E-state index contributed by atoms with van der Waals surface area (Å²) in [5.41, 5.74) is 2.77. The molecule has 2 aliphatic rings. The first-order chi connectivity index (χ1) is 16.4. The maximum Gasteiger partial charge on any atom is 0.256 e. The van der Waals surface area contributed by atoms with E-state index < -0.39 is 17.5 Å². The highest BCUT2D eigenvalue weighted by molar-refractivity contribution is 5.96. The van der Waals surface area contributed by atoms with Crippen molar-refractivity contribution >= 4 is 11.7 Å². The van der Waals surface area contributed by atoms with E-state index in [2.05, 4.69) is 4.98 Å². The first kappa shape index (κ1) is 22.0. The van der Waals surface area contributed by atoms with Crippen molar-refractivity contribution in [1.82, 2.24) is 9.88 Å². The number of amides is 1. The fourth-order valence-corrected chi connectivity index (χ4v) is 4.23. The molecule has 5 rings (SSSR count). The summed E-state index contributed by atoms with van der Waals surface area (Å²) >= 11 is 0. The van der Waals surface area contributed by atoms with Crippen molar-refractivity contribution in [1.29, 1.82) is 0 Å². The van der Waals surface area contributed by atoms with Crippen molar-refractivity contribution in [3.05, 3.63) is 77.0 Å². The number of halogens is 2. The number of aryl methyl sites for hydroxylation is 1. The van der Waals surface area contributed by atoms with Crippen LogP contribution in [0.2, 0.25) is 0 Å². The standard InChI is InChI=1S/C26H22F2N2O4/c1-15-3-2-6-29-25(15)17-4-5-23(22(28)9-17)33-13-16-11-30(12-16)26(32)20-8-18-7-19(31)14-34-24(18)10-21(20)27/h2-6,8-10,16H,7,11-14H2,1H3. The highest BCUT2D eigenvalue weighted by Crippen LogP contribution is 2.30. The van der Waals surface area contributed by atoms with E-state index in [1.165, 1.54) is 17.0 Å². The molecule has 2 aromatic carbocycles. The van der Waals surface area contributed by atoms with Crippen LogP contribution in [0.1, 0.15) is 21.5 Å². The van der Waals surface area contributed by atoms with Gasteiger partial charge < -0.3 is 14.4 Å². The molecular weight excluding hydrogens is 442 g/mol. The average molecular weight is 464 g/mol. The topological polar surface area (TPSA) is 68.7 Å². The Balaban J connectivity index is 1.18. The van der Waals surface area contributed by atoms with Crippen LogP contribution in [-0.4, -0.2) is 47.9 Å². The number of ether oxygens (including phenoxy) is 2. The summed E-state index contributed by atoms with van der Waals surface area (Å²) in [5, 5.41) is 0. The molecule has 0 aliphatic carbocycles. The zero-order valence-corrected chi connectivity index (χ0v) is 18.5. The molecule has 3 aromatic rings. The maximum atomic E-state index is 14.6. The molecule has 0 unspecified atom stereocenters. The van der Waals surface area contributed by atoms with E-state index in [9.17, 15) is 18.4 Å². The number of rotatable bonds is 5. The Morgan fingerprint density at radius 3 is 2.76 bits per heavy atom. The van der Waals surface area contributed by atoms with E-state index in [1.54, 1.807) is 18.3 Å². The van der Waals surface area contributed by atoms with Crippen molar-refractivity contribution in [3.8, 4) is 22.8 Å². The molecule has 0 N–H and O–H groups in total. The molecule has 0 bridgehead atoms. The Morgan fingerprint density at radius 1 is 1.18 bits per heavy atom. The van der Waals surface area contributed by atoms with Gasteiger partial charge in [-0.3, -0.25) is 14.6 Å². The third-order valence-corrected chi connectivity index (χ3v) is 6.09. The van der Waals surface area contributed by atoms with Crippen molar-refractivity contribution in [2.75, 3.05) is 26.3 Å². The van der Waals surface area contributed by atoms with E-state index in [-0.39, 0.29) is 42.6 Å². The van der Waals surface area contributed by atoms with Crippen LogP contribution in [0.3, 0.4) is 0 Å². The lowest BCUT2D eigenvalue weighted by atomic mass is 9.97. The monoisotopic (exact) mass is 464 g/mol. The summed E-state index contributed by atoms with van der Waals surface area (Å²) in [6.45, 7) is 2.81. The molecule has 34 heavy (non-hydrogen) atoms. The molecule has 3 heterocycles. The van der Waals surface area contributed by atoms with Gasteiger partial charge in [-0.05, 0) is 42.8 Å². The van der Waals surface area contributed by atoms with Crippen LogP contribution in [0.25, 0.3) is 11.3 Å². The lowest BCUT2D eigenvalue weighted by molar-refractivity contribution is -0.121. The zero-order valence-electron chi connectivity index (χ0n) is 18.5. The van der Waals surface area contributed by atoms with Crippen LogP contribution >= 0.6 is 0 Å². The molecule has 1 amide bonds. The van der Waals surface area contributed by atoms with Crippen LogP contribution in [0.5, 0.6) is 11.5 Å². The number of carbonyl (C=O) groups excluding carboxylic acids is 2. The number of hydrogen-bond donors (Lipinski definition) is 0. The molecule has 6 nitrogen and oxygen atoms in total. The smallest absolute Gasteiger partial charge is 0.256 e. The van der Waals surface area contributed by atoms with E-state index in [1.807, 2.05) is 19.1 Å². The average Bonchev–Trinajstić information content (AvgIpc) is 2.79. The van der Waals surface area contributed by atoms with Gasteiger partial charge in [-0.25, -0.2) is 8.78 Å². The van der Waals surface area contributed by atoms with Gasteiger partial charge in [0.05, 0.1) is 17.9 Å². The van der Waals surface area contributed by atoms with E-state index in [0.29, 0.717) is 35.7 Å². The molecule has 8 heteroatoms. The van der Waals surface area contributed by atoms with Crippen LogP contribution < -0.4 is 9.47 Å². The van der Waals surface area contributed by atoms with Gasteiger partial charge in [0.2, 0.25) is 0 Å². The van der Waals surface area contributed by atoms with Crippen LogP contribution in [0.15, 0.2) is 48.7 Å². The molecule has 1 saturated heterocycles. The molecule has 1 fully saturated rings. The summed E-state index contributed by atoms with van der Waals surface area (Å²) in [6, 6.07) is 11.0. The molecule has 0 radical (unpaired) electrons. The van der Waals surface area contributed by atoms with Gasteiger partial charge in [-0.2, -0.15) is 0 Å². The minimum atomic E-state index is -0.678. The van der Waals surface area contributed by atoms with Crippen molar-refractivity contribution in [2.24, 2.45) is 5.92 Å². The van der Waals surface area contributed by atoms with Gasteiger partial charge in [0.25, 0.3) is 5.91 Å². The molecular formula is C26H22F2N2O4. The number of carbonyl (C=O) groups is 2. The SMILES string of the molecule is Cc1cccnc1-c1ccc(OCC2CN(C(=O)c3cc4c(cc3F)OCC(=O)C4)C2)c(F)c1. The molecule has 174 valence electrons. The minimum absolute atomic E-state index is 0.00617.